The molecular weight excluding hydrogens is 283 g/mol. The van der Waals surface area contributed by atoms with Gasteiger partial charge in [-0.15, -0.1) is 0 Å². The topological polar surface area (TPSA) is 54.4 Å². The number of halogens is 1. The van der Waals surface area contributed by atoms with E-state index in [4.69, 9.17) is 4.74 Å². The second-order valence-electron chi connectivity index (χ2n) is 5.06. The van der Waals surface area contributed by atoms with Gasteiger partial charge in [-0.2, -0.15) is 0 Å². The molecule has 2 rings (SSSR count). The average Bonchev–Trinajstić information content (AvgIpc) is 2.56. The van der Waals surface area contributed by atoms with Crippen molar-refractivity contribution < 1.29 is 14.2 Å². The number of methoxy groups -OCH3 is 1. The first-order chi connectivity index (χ1) is 10.6. The van der Waals surface area contributed by atoms with E-state index in [0.29, 0.717) is 6.54 Å². The van der Waals surface area contributed by atoms with Crippen molar-refractivity contribution in [3.63, 3.8) is 0 Å². The summed E-state index contributed by atoms with van der Waals surface area (Å²) in [6, 6.07) is 10.3. The summed E-state index contributed by atoms with van der Waals surface area (Å²) in [5.74, 6) is 0.405. The minimum atomic E-state index is -0.625. The molecule has 0 saturated carbocycles. The smallest absolute Gasteiger partial charge is 0.141 e. The van der Waals surface area contributed by atoms with Crippen molar-refractivity contribution in [1.29, 1.82) is 0 Å². The highest BCUT2D eigenvalue weighted by atomic mass is 19.1. The van der Waals surface area contributed by atoms with Crippen LogP contribution in [-0.4, -0.2) is 23.7 Å². The SMILES string of the molecule is CCC(NCC(O)c1ccc(OC)cc1)c1ccc(F)cn1. The molecule has 118 valence electrons. The van der Waals surface area contributed by atoms with Gasteiger partial charge in [0.2, 0.25) is 0 Å². The maximum atomic E-state index is 12.9. The molecule has 0 saturated heterocycles. The lowest BCUT2D eigenvalue weighted by Crippen LogP contribution is -2.26. The molecule has 2 aromatic rings. The number of nitrogens with one attached hydrogen (secondary N) is 1. The number of pyridine rings is 1. The fourth-order valence-corrected chi connectivity index (χ4v) is 2.25. The third-order valence-corrected chi connectivity index (χ3v) is 3.57. The Morgan fingerprint density at radius 2 is 1.95 bits per heavy atom. The number of nitrogens with zero attached hydrogens (tertiary/aromatic N) is 1. The summed E-state index contributed by atoms with van der Waals surface area (Å²) < 4.78 is 18.0. The Morgan fingerprint density at radius 1 is 1.23 bits per heavy atom. The minimum Gasteiger partial charge on any atom is -0.497 e. The predicted molar refractivity (Wildman–Crippen MR) is 83.2 cm³/mol. The van der Waals surface area contributed by atoms with Crippen LogP contribution in [0.15, 0.2) is 42.6 Å². The fourth-order valence-electron chi connectivity index (χ4n) is 2.25. The number of benzene rings is 1. The van der Waals surface area contributed by atoms with Crippen LogP contribution < -0.4 is 10.1 Å². The van der Waals surface area contributed by atoms with Crippen LogP contribution in [0.25, 0.3) is 0 Å². The lowest BCUT2D eigenvalue weighted by atomic mass is 10.1. The maximum Gasteiger partial charge on any atom is 0.141 e. The molecule has 0 aliphatic heterocycles. The van der Waals surface area contributed by atoms with Crippen LogP contribution in [0.4, 0.5) is 4.39 Å². The Labute approximate surface area is 130 Å². The Hall–Kier alpha value is -1.98. The van der Waals surface area contributed by atoms with Crippen molar-refractivity contribution in [3.05, 3.63) is 59.7 Å². The zero-order valence-electron chi connectivity index (χ0n) is 12.8. The zero-order valence-corrected chi connectivity index (χ0v) is 12.8. The number of aromatic nitrogens is 1. The predicted octanol–water partition coefficient (Wildman–Crippen LogP) is 3.00. The quantitative estimate of drug-likeness (QED) is 0.825. The summed E-state index contributed by atoms with van der Waals surface area (Å²) in [5.41, 5.74) is 1.58. The molecule has 0 aliphatic carbocycles. The Morgan fingerprint density at radius 3 is 2.50 bits per heavy atom. The molecule has 2 unspecified atom stereocenters. The monoisotopic (exact) mass is 304 g/mol. The second kappa shape index (κ2) is 7.87. The molecule has 0 bridgehead atoms. The highest BCUT2D eigenvalue weighted by Crippen LogP contribution is 2.19. The Kier molecular flexibility index (Phi) is 5.86. The van der Waals surface area contributed by atoms with Crippen molar-refractivity contribution in [2.45, 2.75) is 25.5 Å². The third kappa shape index (κ3) is 4.26. The number of aliphatic hydroxyl groups is 1. The van der Waals surface area contributed by atoms with Gasteiger partial charge in [-0.25, -0.2) is 4.39 Å². The van der Waals surface area contributed by atoms with Gasteiger partial charge in [0.25, 0.3) is 0 Å². The van der Waals surface area contributed by atoms with Crippen LogP contribution in [0.3, 0.4) is 0 Å². The molecule has 0 spiro atoms. The van der Waals surface area contributed by atoms with Gasteiger partial charge in [0, 0.05) is 12.6 Å². The summed E-state index contributed by atoms with van der Waals surface area (Å²) >= 11 is 0. The molecule has 0 amide bonds. The molecule has 1 aromatic heterocycles. The molecule has 2 N–H and O–H groups in total. The number of rotatable bonds is 7. The van der Waals surface area contributed by atoms with Crippen LogP contribution in [-0.2, 0) is 0 Å². The first-order valence-corrected chi connectivity index (χ1v) is 7.31. The van der Waals surface area contributed by atoms with E-state index in [1.807, 2.05) is 31.2 Å². The van der Waals surface area contributed by atoms with E-state index >= 15 is 0 Å². The standard InChI is InChI=1S/C17H21FN2O2/c1-3-15(16-9-6-13(18)10-19-16)20-11-17(21)12-4-7-14(22-2)8-5-12/h4-10,15,17,20-21H,3,11H2,1-2H3. The highest BCUT2D eigenvalue weighted by Gasteiger charge is 2.14. The normalized spacial score (nSPS) is 13.6. The zero-order chi connectivity index (χ0) is 15.9. The lowest BCUT2D eigenvalue weighted by molar-refractivity contribution is 0.169. The number of hydrogen-bond donors (Lipinski definition) is 2. The molecule has 1 aromatic carbocycles. The molecule has 4 nitrogen and oxygen atoms in total. The summed E-state index contributed by atoms with van der Waals surface area (Å²) in [5, 5.41) is 13.5. The van der Waals surface area contributed by atoms with E-state index in [2.05, 4.69) is 10.3 Å². The molecule has 5 heteroatoms. The van der Waals surface area contributed by atoms with Crippen LogP contribution in [0.2, 0.25) is 0 Å². The van der Waals surface area contributed by atoms with E-state index in [1.165, 1.54) is 12.3 Å². The van der Waals surface area contributed by atoms with Crippen molar-refractivity contribution in [1.82, 2.24) is 10.3 Å². The Bertz CT molecular complexity index is 572. The highest BCUT2D eigenvalue weighted by molar-refractivity contribution is 5.28. The minimum absolute atomic E-state index is 0.0199. The van der Waals surface area contributed by atoms with E-state index in [0.717, 1.165) is 23.4 Å². The van der Waals surface area contributed by atoms with Gasteiger partial charge in [-0.1, -0.05) is 19.1 Å². The maximum absolute atomic E-state index is 12.9. The summed E-state index contributed by atoms with van der Waals surface area (Å²) in [6.45, 7) is 2.41. The van der Waals surface area contributed by atoms with Crippen LogP contribution >= 0.6 is 0 Å². The van der Waals surface area contributed by atoms with Gasteiger partial charge in [0.05, 0.1) is 25.1 Å². The first kappa shape index (κ1) is 16.4. The van der Waals surface area contributed by atoms with Crippen molar-refractivity contribution in [2.75, 3.05) is 13.7 Å². The first-order valence-electron chi connectivity index (χ1n) is 7.31. The largest absolute Gasteiger partial charge is 0.497 e. The van der Waals surface area contributed by atoms with Crippen LogP contribution in [0.5, 0.6) is 5.75 Å². The summed E-state index contributed by atoms with van der Waals surface area (Å²) in [4.78, 5) is 4.09. The molecule has 0 radical (unpaired) electrons. The van der Waals surface area contributed by atoms with E-state index in [-0.39, 0.29) is 11.9 Å². The molecule has 22 heavy (non-hydrogen) atoms. The average molecular weight is 304 g/mol. The van der Waals surface area contributed by atoms with Crippen LogP contribution in [0.1, 0.15) is 36.7 Å². The van der Waals surface area contributed by atoms with Gasteiger partial charge in [0.15, 0.2) is 0 Å². The molecule has 1 heterocycles. The van der Waals surface area contributed by atoms with Gasteiger partial charge in [-0.05, 0) is 36.2 Å². The number of aliphatic hydroxyl groups excluding tert-OH is 1. The third-order valence-electron chi connectivity index (χ3n) is 3.57. The summed E-state index contributed by atoms with van der Waals surface area (Å²) in [6.07, 6.45) is 1.38. The van der Waals surface area contributed by atoms with E-state index in [1.54, 1.807) is 13.2 Å². The van der Waals surface area contributed by atoms with Gasteiger partial charge >= 0.3 is 0 Å². The van der Waals surface area contributed by atoms with Gasteiger partial charge in [0.1, 0.15) is 11.6 Å². The Balaban J connectivity index is 1.95. The van der Waals surface area contributed by atoms with Crippen molar-refractivity contribution >= 4 is 0 Å². The summed E-state index contributed by atoms with van der Waals surface area (Å²) in [7, 11) is 1.61. The van der Waals surface area contributed by atoms with E-state index < -0.39 is 6.10 Å². The number of ether oxygens (including phenoxy) is 1. The molecular formula is C17H21FN2O2. The second-order valence-corrected chi connectivity index (χ2v) is 5.06. The lowest BCUT2D eigenvalue weighted by Gasteiger charge is -2.19. The number of hydrogen-bond acceptors (Lipinski definition) is 4. The van der Waals surface area contributed by atoms with E-state index in [9.17, 15) is 9.50 Å². The van der Waals surface area contributed by atoms with Crippen molar-refractivity contribution in [2.24, 2.45) is 0 Å². The van der Waals surface area contributed by atoms with Crippen LogP contribution in [0, 0.1) is 5.82 Å². The van der Waals surface area contributed by atoms with Gasteiger partial charge in [-0.3, -0.25) is 4.98 Å². The molecule has 0 aliphatic rings. The molecule has 2 atom stereocenters. The molecule has 0 fully saturated rings. The fraction of sp³-hybridized carbons (Fsp3) is 0.353. The van der Waals surface area contributed by atoms with Crippen molar-refractivity contribution in [3.8, 4) is 5.75 Å². The van der Waals surface area contributed by atoms with Gasteiger partial charge < -0.3 is 15.2 Å².